The molecule has 0 aliphatic heterocycles. The second kappa shape index (κ2) is 37.7. The third kappa shape index (κ3) is 35.5. The molecule has 0 spiro atoms. The molecule has 8 heteroatoms. The number of ether oxygens (including phenoxy) is 3. The van der Waals surface area contributed by atoms with Gasteiger partial charge in [-0.3, -0.25) is 9.59 Å². The maximum absolute atomic E-state index is 12.7. The number of allylic oxidation sites excluding steroid dienone is 4. The zero-order valence-corrected chi connectivity index (χ0v) is 35.9. The van der Waals surface area contributed by atoms with Crippen LogP contribution in [0, 0.1) is 0 Å². The molecule has 0 fully saturated rings. The Morgan fingerprint density at radius 1 is 0.556 bits per heavy atom. The first kappa shape index (κ1) is 51.8. The number of rotatable bonds is 40. The molecule has 0 aromatic carbocycles. The van der Waals surface area contributed by atoms with Gasteiger partial charge in [0.15, 0.2) is 6.10 Å². The van der Waals surface area contributed by atoms with E-state index in [4.69, 9.17) is 14.2 Å². The van der Waals surface area contributed by atoms with Crippen molar-refractivity contribution in [2.45, 2.75) is 212 Å². The summed E-state index contributed by atoms with van der Waals surface area (Å²) in [5, 5.41) is 11.6. The van der Waals surface area contributed by atoms with Gasteiger partial charge in [0.05, 0.1) is 40.3 Å². The standard InChI is InChI=1S/C46H85NO7/c1-6-8-10-12-14-16-18-20-21-22-23-25-26-28-30-32-34-36-44(48)53-41-42(40-52-39-38-43(46(50)51)47(3,4)5)54-45(49)37-35-33-31-29-27-24-19-17-15-13-11-9-7-2/h14,16,20-21,42-43H,6-13,15,17-19,22-41H2,1-5H3/b16-14+,21-20+. The number of carbonyl (C=O) groups is 3. The Labute approximate surface area is 332 Å². The number of quaternary nitrogens is 1. The van der Waals surface area contributed by atoms with Crippen LogP contribution in [0.1, 0.15) is 200 Å². The number of nitrogens with zero attached hydrogens (tertiary/aromatic N) is 1. The molecule has 0 N–H and O–H groups in total. The summed E-state index contributed by atoms with van der Waals surface area (Å²) in [6, 6.07) is -0.723. The molecule has 0 aromatic rings. The molecular formula is C46H85NO7. The van der Waals surface area contributed by atoms with Gasteiger partial charge in [-0.05, 0) is 44.9 Å². The molecule has 0 aliphatic carbocycles. The van der Waals surface area contributed by atoms with Crippen molar-refractivity contribution in [2.75, 3.05) is 41.0 Å². The van der Waals surface area contributed by atoms with Crippen molar-refractivity contribution in [3.05, 3.63) is 24.3 Å². The smallest absolute Gasteiger partial charge is 0.306 e. The van der Waals surface area contributed by atoms with E-state index in [2.05, 4.69) is 38.2 Å². The summed E-state index contributed by atoms with van der Waals surface area (Å²) < 4.78 is 17.2. The van der Waals surface area contributed by atoms with Gasteiger partial charge in [-0.1, -0.05) is 160 Å². The van der Waals surface area contributed by atoms with Crippen molar-refractivity contribution in [2.24, 2.45) is 0 Å². The number of carboxylic acids is 1. The van der Waals surface area contributed by atoms with Crippen LogP contribution in [0.5, 0.6) is 0 Å². The molecule has 8 nitrogen and oxygen atoms in total. The SMILES string of the molecule is CCCCC/C=C/C/C=C/CCCCCCCCCC(=O)OCC(COCCC(C(=O)[O-])[N+](C)(C)C)OC(=O)CCCCCCCCCCCCCCC. The molecular weight excluding hydrogens is 679 g/mol. The van der Waals surface area contributed by atoms with Crippen LogP contribution in [0.4, 0.5) is 0 Å². The minimum atomic E-state index is -1.12. The third-order valence-corrected chi connectivity index (χ3v) is 10.1. The lowest BCUT2D eigenvalue weighted by Gasteiger charge is -2.34. The van der Waals surface area contributed by atoms with Crippen LogP contribution in [0.25, 0.3) is 0 Å². The largest absolute Gasteiger partial charge is 0.544 e. The zero-order chi connectivity index (χ0) is 40.0. The molecule has 0 bridgehead atoms. The van der Waals surface area contributed by atoms with Crippen molar-refractivity contribution in [3.8, 4) is 0 Å². The average Bonchev–Trinajstić information content (AvgIpc) is 3.12. The van der Waals surface area contributed by atoms with Gasteiger partial charge < -0.3 is 28.6 Å². The van der Waals surface area contributed by atoms with E-state index < -0.39 is 18.1 Å². The second-order valence-electron chi connectivity index (χ2n) is 16.3. The van der Waals surface area contributed by atoms with Gasteiger partial charge in [0, 0.05) is 19.3 Å². The Morgan fingerprint density at radius 3 is 1.46 bits per heavy atom. The van der Waals surface area contributed by atoms with Gasteiger partial charge in [0.25, 0.3) is 0 Å². The van der Waals surface area contributed by atoms with E-state index in [1.54, 1.807) is 21.1 Å². The summed E-state index contributed by atoms with van der Waals surface area (Å²) in [6.07, 6.45) is 40.5. The second-order valence-corrected chi connectivity index (χ2v) is 16.3. The molecule has 2 unspecified atom stereocenters. The molecule has 0 aromatic heterocycles. The van der Waals surface area contributed by atoms with Crippen molar-refractivity contribution in [1.82, 2.24) is 0 Å². The van der Waals surface area contributed by atoms with Gasteiger partial charge in [-0.2, -0.15) is 0 Å². The first-order valence-electron chi connectivity index (χ1n) is 22.4. The van der Waals surface area contributed by atoms with Gasteiger partial charge in [-0.25, -0.2) is 0 Å². The highest BCUT2D eigenvalue weighted by Crippen LogP contribution is 2.15. The number of carboxylic acid groups (broad SMARTS) is 1. The molecule has 0 radical (unpaired) electrons. The van der Waals surface area contributed by atoms with Gasteiger partial charge in [0.1, 0.15) is 12.6 Å². The first-order chi connectivity index (χ1) is 26.1. The molecule has 316 valence electrons. The minimum Gasteiger partial charge on any atom is -0.544 e. The Balaban J connectivity index is 4.32. The van der Waals surface area contributed by atoms with E-state index in [1.165, 1.54) is 116 Å². The first-order valence-corrected chi connectivity index (χ1v) is 22.4. The van der Waals surface area contributed by atoms with E-state index in [-0.39, 0.29) is 42.7 Å². The molecule has 0 aliphatic rings. The van der Waals surface area contributed by atoms with Crippen LogP contribution >= 0.6 is 0 Å². The topological polar surface area (TPSA) is 102 Å². The van der Waals surface area contributed by atoms with E-state index in [1.807, 2.05) is 0 Å². The maximum atomic E-state index is 12.7. The summed E-state index contributed by atoms with van der Waals surface area (Å²) in [6.45, 7) is 4.64. The van der Waals surface area contributed by atoms with Crippen LogP contribution in [0.15, 0.2) is 24.3 Å². The van der Waals surface area contributed by atoms with Gasteiger partial charge >= 0.3 is 11.9 Å². The average molecular weight is 764 g/mol. The number of likely N-dealkylation sites (N-methyl/N-ethyl adjacent to an activating group) is 1. The fraction of sp³-hybridized carbons (Fsp3) is 0.848. The minimum absolute atomic E-state index is 0.0422. The fourth-order valence-electron chi connectivity index (χ4n) is 6.57. The van der Waals surface area contributed by atoms with E-state index in [0.717, 1.165) is 51.4 Å². The molecule has 0 heterocycles. The molecule has 0 amide bonds. The fourth-order valence-corrected chi connectivity index (χ4v) is 6.57. The Kier molecular flexibility index (Phi) is 36.2. The number of esters is 2. The number of aliphatic carboxylic acids is 1. The van der Waals surface area contributed by atoms with Crippen molar-refractivity contribution in [3.63, 3.8) is 0 Å². The number of hydrogen-bond donors (Lipinski definition) is 0. The monoisotopic (exact) mass is 764 g/mol. The van der Waals surface area contributed by atoms with Crippen LogP contribution < -0.4 is 5.11 Å². The van der Waals surface area contributed by atoms with Crippen molar-refractivity contribution in [1.29, 1.82) is 0 Å². The Bertz CT molecular complexity index is 942. The summed E-state index contributed by atoms with van der Waals surface area (Å²) in [5.74, 6) is -1.74. The summed E-state index contributed by atoms with van der Waals surface area (Å²) in [5.41, 5.74) is 0. The quantitative estimate of drug-likeness (QED) is 0.0265. The predicted octanol–water partition coefficient (Wildman–Crippen LogP) is 10.7. The molecule has 54 heavy (non-hydrogen) atoms. The van der Waals surface area contributed by atoms with Gasteiger partial charge in [0.2, 0.25) is 0 Å². The van der Waals surface area contributed by atoms with E-state index in [9.17, 15) is 19.5 Å². The third-order valence-electron chi connectivity index (χ3n) is 10.1. The van der Waals surface area contributed by atoms with Crippen molar-refractivity contribution >= 4 is 17.9 Å². The van der Waals surface area contributed by atoms with Gasteiger partial charge in [-0.15, -0.1) is 0 Å². The highest BCUT2D eigenvalue weighted by molar-refractivity contribution is 5.70. The number of unbranched alkanes of at least 4 members (excludes halogenated alkanes) is 22. The van der Waals surface area contributed by atoms with Crippen LogP contribution in [0.2, 0.25) is 0 Å². The summed E-state index contributed by atoms with van der Waals surface area (Å²) in [7, 11) is 5.41. The van der Waals surface area contributed by atoms with Crippen LogP contribution in [0.3, 0.4) is 0 Å². The lowest BCUT2D eigenvalue weighted by Crippen LogP contribution is -2.55. The molecule has 2 atom stereocenters. The van der Waals surface area contributed by atoms with Crippen LogP contribution in [-0.4, -0.2) is 75.5 Å². The summed E-state index contributed by atoms with van der Waals surface area (Å²) >= 11 is 0. The Hall–Kier alpha value is -2.19. The normalized spacial score (nSPS) is 13.1. The lowest BCUT2D eigenvalue weighted by atomic mass is 10.0. The van der Waals surface area contributed by atoms with E-state index in [0.29, 0.717) is 12.8 Å². The maximum Gasteiger partial charge on any atom is 0.306 e. The molecule has 0 saturated heterocycles. The molecule has 0 saturated carbocycles. The highest BCUT2D eigenvalue weighted by Gasteiger charge is 2.25. The van der Waals surface area contributed by atoms with Crippen molar-refractivity contribution < 1.29 is 38.2 Å². The van der Waals surface area contributed by atoms with E-state index >= 15 is 0 Å². The highest BCUT2D eigenvalue weighted by atomic mass is 16.6. The zero-order valence-electron chi connectivity index (χ0n) is 35.9. The molecule has 0 rings (SSSR count). The lowest BCUT2D eigenvalue weighted by molar-refractivity contribution is -0.889. The van der Waals surface area contributed by atoms with Crippen LogP contribution in [-0.2, 0) is 28.6 Å². The predicted molar refractivity (Wildman–Crippen MR) is 222 cm³/mol. The number of hydrogen-bond acceptors (Lipinski definition) is 7. The number of carbonyl (C=O) groups excluding carboxylic acids is 3. The Morgan fingerprint density at radius 2 is 0.981 bits per heavy atom. The summed E-state index contributed by atoms with van der Waals surface area (Å²) in [4.78, 5) is 36.8.